The van der Waals surface area contributed by atoms with Crippen LogP contribution in [0.3, 0.4) is 0 Å². The number of benzene rings is 2. The molecule has 0 saturated carbocycles. The molecule has 2 aliphatic carbocycles. The Morgan fingerprint density at radius 1 is 0.512 bits per heavy atom. The van der Waals surface area contributed by atoms with Crippen LogP contribution in [0.4, 0.5) is 46.5 Å². The van der Waals surface area contributed by atoms with Crippen LogP contribution in [0.5, 0.6) is 0 Å². The van der Waals surface area contributed by atoms with Crippen molar-refractivity contribution >= 4 is 11.4 Å². The van der Waals surface area contributed by atoms with Crippen molar-refractivity contribution in [3.8, 4) is 0 Å². The molecular weight excluding hydrogens is 620 g/mol. The molecule has 4 aliphatic rings. The summed E-state index contributed by atoms with van der Waals surface area (Å²) in [7, 11) is 0. The first-order valence-electron chi connectivity index (χ1n) is 12.8. The number of ether oxygens (including phenoxy) is 2. The zero-order valence-corrected chi connectivity index (χ0v) is 24.3. The Balaban J connectivity index is 0.000000223. The van der Waals surface area contributed by atoms with Crippen LogP contribution < -0.4 is 9.80 Å². The fraction of sp³-hybridized carbons (Fsp3) is 0.333. The molecule has 0 atom stereocenters. The summed E-state index contributed by atoms with van der Waals surface area (Å²) >= 11 is 0. The summed E-state index contributed by atoms with van der Waals surface area (Å²) in [5, 5.41) is 0. The van der Waals surface area contributed by atoms with E-state index in [4.69, 9.17) is 9.47 Å². The van der Waals surface area contributed by atoms with E-state index >= 15 is 0 Å². The van der Waals surface area contributed by atoms with Gasteiger partial charge >= 0.3 is 21.7 Å². The van der Waals surface area contributed by atoms with Crippen LogP contribution in [-0.2, 0) is 31.2 Å². The number of allylic oxidation sites excluding steroid dienone is 8. The van der Waals surface area contributed by atoms with Gasteiger partial charge in [-0.3, -0.25) is 29.7 Å². The standard InChI is InChI=1S/2C10H8F4NO.2C5H5.Ti/c2*11-6-5-7(12)9(14)10(8(6)13)15-1-3-16-4-2-15;2*1-2-4-5-3-1;/h2*1-4H2;2*1-3H,4H2;/q4*-1;+4. The molecule has 0 unspecified atom stereocenters. The zero-order chi connectivity index (χ0) is 30.5. The fourth-order valence-electron chi connectivity index (χ4n) is 3.83. The number of nitrogens with zero attached hydrogens (tertiary/aromatic N) is 2. The second-order valence-electron chi connectivity index (χ2n) is 8.66. The van der Waals surface area contributed by atoms with Gasteiger partial charge in [-0.1, -0.05) is 0 Å². The smallest absolute Gasteiger partial charge is 0.383 e. The van der Waals surface area contributed by atoms with Crippen molar-refractivity contribution in [2.45, 2.75) is 12.8 Å². The topological polar surface area (TPSA) is 24.9 Å². The molecule has 2 aromatic rings. The van der Waals surface area contributed by atoms with E-state index < -0.39 is 57.9 Å². The zero-order valence-electron chi connectivity index (χ0n) is 22.8. The minimum Gasteiger partial charge on any atom is -0.383 e. The van der Waals surface area contributed by atoms with Gasteiger partial charge in [0.1, 0.15) is 0 Å². The Kier molecular flexibility index (Phi) is 15.8. The van der Waals surface area contributed by atoms with Crippen molar-refractivity contribution in [2.24, 2.45) is 0 Å². The number of morpholine rings is 2. The first kappa shape index (κ1) is 36.3. The summed E-state index contributed by atoms with van der Waals surface area (Å²) in [4.78, 5) is 2.43. The van der Waals surface area contributed by atoms with Gasteiger partial charge in [-0.2, -0.15) is 12.2 Å². The summed E-state index contributed by atoms with van der Waals surface area (Å²) in [6, 6.07) is 2.69. The number of hydrogen-bond acceptors (Lipinski definition) is 4. The second kappa shape index (κ2) is 18.7. The van der Waals surface area contributed by atoms with Gasteiger partial charge in [0.05, 0.1) is 73.0 Å². The number of anilines is 2. The van der Waals surface area contributed by atoms with Gasteiger partial charge in [0.2, 0.25) is 0 Å². The van der Waals surface area contributed by atoms with Gasteiger partial charge in [-0.05, 0) is 0 Å². The van der Waals surface area contributed by atoms with E-state index in [1.54, 1.807) is 0 Å². The molecule has 0 radical (unpaired) electrons. The first-order chi connectivity index (χ1) is 20.2. The average molecular weight is 646 g/mol. The summed E-state index contributed by atoms with van der Waals surface area (Å²) < 4.78 is 115. The maximum atomic E-state index is 13.3. The summed E-state index contributed by atoms with van der Waals surface area (Å²) in [5.74, 6) is -11.7. The van der Waals surface area contributed by atoms with Crippen LogP contribution in [0.25, 0.3) is 0 Å². The van der Waals surface area contributed by atoms with Crippen molar-refractivity contribution in [1.29, 1.82) is 0 Å². The Hall–Kier alpha value is -2.93. The third kappa shape index (κ3) is 10.6. The third-order valence-electron chi connectivity index (χ3n) is 5.87. The predicted octanol–water partition coefficient (Wildman–Crippen LogP) is 6.37. The van der Waals surface area contributed by atoms with E-state index in [1.165, 1.54) is 21.9 Å². The van der Waals surface area contributed by atoms with Crippen molar-refractivity contribution in [3.63, 3.8) is 0 Å². The van der Waals surface area contributed by atoms with Crippen molar-refractivity contribution in [2.75, 3.05) is 62.4 Å². The van der Waals surface area contributed by atoms with E-state index in [9.17, 15) is 35.1 Å². The molecular formula is C30H26F8N2O2Ti. The molecule has 2 heterocycles. The molecule has 43 heavy (non-hydrogen) atoms. The molecule has 0 spiro atoms. The van der Waals surface area contributed by atoms with Gasteiger partial charge in [0.25, 0.3) is 0 Å². The Morgan fingerprint density at radius 3 is 1.02 bits per heavy atom. The van der Waals surface area contributed by atoms with Crippen LogP contribution in [-0.4, -0.2) is 52.6 Å². The molecule has 0 bridgehead atoms. The van der Waals surface area contributed by atoms with Crippen LogP contribution >= 0.6 is 0 Å². The average Bonchev–Trinajstić information content (AvgIpc) is 3.77. The minimum absolute atomic E-state index is 0. The van der Waals surface area contributed by atoms with Crippen LogP contribution in [0, 0.1) is 70.8 Å². The number of halogens is 8. The molecule has 2 fully saturated rings. The quantitative estimate of drug-likeness (QED) is 0.164. The normalized spacial score (nSPS) is 16.5. The van der Waals surface area contributed by atoms with Crippen molar-refractivity contribution in [3.05, 3.63) is 107 Å². The molecule has 2 aromatic carbocycles. The van der Waals surface area contributed by atoms with Crippen LogP contribution in [0.2, 0.25) is 0 Å². The molecule has 6 rings (SSSR count). The van der Waals surface area contributed by atoms with Gasteiger partial charge < -0.3 is 19.3 Å². The summed E-state index contributed by atoms with van der Waals surface area (Å²) in [6.07, 6.45) is 20.0. The van der Waals surface area contributed by atoms with E-state index in [2.05, 4.69) is 24.3 Å². The Labute approximate surface area is 259 Å². The second-order valence-corrected chi connectivity index (χ2v) is 8.66. The number of rotatable bonds is 2. The molecule has 228 valence electrons. The van der Waals surface area contributed by atoms with E-state index in [0.717, 1.165) is 12.8 Å². The number of hydrogen-bond donors (Lipinski definition) is 0. The monoisotopic (exact) mass is 646 g/mol. The van der Waals surface area contributed by atoms with Crippen LogP contribution in [0.15, 0.2) is 36.5 Å². The summed E-state index contributed by atoms with van der Waals surface area (Å²) in [5.41, 5.74) is -1.37. The Morgan fingerprint density at radius 2 is 0.814 bits per heavy atom. The van der Waals surface area contributed by atoms with Crippen molar-refractivity contribution in [1.82, 2.24) is 0 Å². The molecule has 0 aromatic heterocycles. The summed E-state index contributed by atoms with van der Waals surface area (Å²) in [6.45, 7) is 1.82. The largest absolute Gasteiger partial charge is 4.00 e. The fourth-order valence-corrected chi connectivity index (χ4v) is 3.83. The molecule has 0 amide bonds. The van der Waals surface area contributed by atoms with Gasteiger partial charge in [0.15, 0.2) is 0 Å². The first-order valence-corrected chi connectivity index (χ1v) is 12.8. The van der Waals surface area contributed by atoms with Gasteiger partial charge in [-0.25, -0.2) is 41.9 Å². The maximum absolute atomic E-state index is 13.3. The molecule has 2 aliphatic heterocycles. The molecule has 4 nitrogen and oxygen atoms in total. The molecule has 0 N–H and O–H groups in total. The minimum atomic E-state index is -1.51. The van der Waals surface area contributed by atoms with E-state index in [1.807, 2.05) is 24.3 Å². The SMILES string of the molecule is Fc1[c-]c(F)c(F)c(N2CCOCC2)c1F.Fc1[c-]c(F)c(F)c(N2CCOCC2)c1F.[C-]1=CC=CC1.[C-]1=CC=CC1.[Ti+4]. The third-order valence-corrected chi connectivity index (χ3v) is 5.87. The van der Waals surface area contributed by atoms with Gasteiger partial charge in [-0.15, -0.1) is 25.0 Å². The maximum Gasteiger partial charge on any atom is 4.00 e. The predicted molar refractivity (Wildman–Crippen MR) is 139 cm³/mol. The van der Waals surface area contributed by atoms with Crippen molar-refractivity contribution < 1.29 is 66.3 Å². The van der Waals surface area contributed by atoms with Gasteiger partial charge in [0, 0.05) is 37.6 Å². The molecule has 13 heteroatoms. The molecule has 2 saturated heterocycles. The van der Waals surface area contributed by atoms with E-state index in [0.29, 0.717) is 0 Å². The van der Waals surface area contributed by atoms with E-state index in [-0.39, 0.29) is 74.3 Å². The van der Waals surface area contributed by atoms with Crippen LogP contribution in [0.1, 0.15) is 12.8 Å². The Bertz CT molecular complexity index is 1140.